The molecule has 0 aromatic carbocycles. The molecule has 12 heavy (non-hydrogen) atoms. The summed E-state index contributed by atoms with van der Waals surface area (Å²) < 4.78 is 35.9. The van der Waals surface area contributed by atoms with E-state index in [1.807, 2.05) is 0 Å². The molecule has 0 bridgehead atoms. The third-order valence-electron chi connectivity index (χ3n) is 1.22. The largest absolute Gasteiger partial charge is 0.431 e. The predicted molar refractivity (Wildman–Crippen MR) is 45.2 cm³/mol. The van der Waals surface area contributed by atoms with Crippen molar-refractivity contribution in [2.75, 3.05) is 7.05 Å². The maximum Gasteiger partial charge on any atom is 0.431 e. The molecule has 2 nitrogen and oxygen atoms in total. The summed E-state index contributed by atoms with van der Waals surface area (Å²) >= 11 is 2.85. The monoisotopic (exact) mass is 244 g/mol. The molecule has 0 aromatic heterocycles. The molecule has 70 valence electrons. The van der Waals surface area contributed by atoms with Crippen molar-refractivity contribution in [1.82, 2.24) is 0 Å². The number of alkyl halides is 3. The van der Waals surface area contributed by atoms with Crippen LogP contribution in [-0.2, 0) is 0 Å². The van der Waals surface area contributed by atoms with Gasteiger partial charge in [0.1, 0.15) is 10.3 Å². The first-order valence-electron chi connectivity index (χ1n) is 2.97. The molecule has 2 N–H and O–H groups in total. The first-order valence-corrected chi connectivity index (χ1v) is 3.76. The van der Waals surface area contributed by atoms with Crippen LogP contribution in [0.4, 0.5) is 13.2 Å². The van der Waals surface area contributed by atoms with Gasteiger partial charge in [0.2, 0.25) is 0 Å². The zero-order valence-electron chi connectivity index (χ0n) is 6.54. The number of nitrogens with two attached hydrogens (primary N) is 1. The fourth-order valence-corrected chi connectivity index (χ4v) is 0.705. The number of allylic oxidation sites excluding steroid dienone is 2. The van der Waals surface area contributed by atoms with E-state index in [0.717, 1.165) is 0 Å². The zero-order chi connectivity index (χ0) is 9.94. The van der Waals surface area contributed by atoms with Crippen LogP contribution in [0.3, 0.4) is 0 Å². The second-order valence-corrected chi connectivity index (χ2v) is 2.80. The summed E-state index contributed by atoms with van der Waals surface area (Å²) in [5.74, 6) is 0. The molecule has 0 saturated heterocycles. The van der Waals surface area contributed by atoms with Crippen LogP contribution in [0.15, 0.2) is 16.3 Å². The molecule has 0 aliphatic heterocycles. The normalized spacial score (nSPS) is 16.0. The third kappa shape index (κ3) is 2.84. The molecule has 6 heteroatoms. The van der Waals surface area contributed by atoms with Crippen molar-refractivity contribution in [1.29, 1.82) is 0 Å². The Morgan fingerprint density at radius 1 is 1.42 bits per heavy atom. The number of nitrogens with zero attached hydrogens (tertiary/aromatic N) is 1. The van der Waals surface area contributed by atoms with Gasteiger partial charge in [-0.15, -0.1) is 0 Å². The maximum atomic E-state index is 11.9. The van der Waals surface area contributed by atoms with Crippen molar-refractivity contribution in [3.05, 3.63) is 11.3 Å². The van der Waals surface area contributed by atoms with Gasteiger partial charge in [-0.05, 0) is 22.9 Å². The molecule has 0 fully saturated rings. The standard InChI is InChI=1S/C6H8BrF3N2/c1-3(5(7)12-2)4(11)6(8,9)10/h11H2,1-2H3. The molecular formula is C6H8BrF3N2. The van der Waals surface area contributed by atoms with Crippen LogP contribution in [0.2, 0.25) is 0 Å². The molecule has 0 aliphatic carbocycles. The molecule has 0 amide bonds. The van der Waals surface area contributed by atoms with Crippen LogP contribution >= 0.6 is 15.9 Å². The molecule has 0 heterocycles. The fourth-order valence-electron chi connectivity index (χ4n) is 0.491. The average Bonchev–Trinajstić information content (AvgIpc) is 1.98. The van der Waals surface area contributed by atoms with Crippen LogP contribution in [0.1, 0.15) is 6.92 Å². The smallest absolute Gasteiger partial charge is 0.394 e. The molecule has 0 saturated carbocycles. The number of aliphatic imine (C=N–C) groups is 1. The first kappa shape index (κ1) is 11.5. The van der Waals surface area contributed by atoms with Gasteiger partial charge in [-0.1, -0.05) is 0 Å². The molecule has 0 atom stereocenters. The summed E-state index contributed by atoms with van der Waals surface area (Å²) in [6.07, 6.45) is -4.49. The second-order valence-electron chi connectivity index (χ2n) is 2.05. The third-order valence-corrected chi connectivity index (χ3v) is 2.16. The van der Waals surface area contributed by atoms with Crippen LogP contribution in [-0.4, -0.2) is 17.8 Å². The summed E-state index contributed by atoms with van der Waals surface area (Å²) in [5, 5.41) is 0. The fraction of sp³-hybridized carbons (Fsp3) is 0.500. The van der Waals surface area contributed by atoms with Gasteiger partial charge in [-0.3, -0.25) is 4.99 Å². The van der Waals surface area contributed by atoms with E-state index in [0.29, 0.717) is 0 Å². The highest BCUT2D eigenvalue weighted by atomic mass is 79.9. The van der Waals surface area contributed by atoms with Gasteiger partial charge < -0.3 is 5.73 Å². The Morgan fingerprint density at radius 3 is 2.08 bits per heavy atom. The van der Waals surface area contributed by atoms with Crippen molar-refractivity contribution in [3.8, 4) is 0 Å². The van der Waals surface area contributed by atoms with E-state index in [4.69, 9.17) is 5.73 Å². The average molecular weight is 245 g/mol. The Balaban J connectivity index is 4.96. The Morgan fingerprint density at radius 2 is 1.83 bits per heavy atom. The van der Waals surface area contributed by atoms with Crippen LogP contribution in [0, 0.1) is 0 Å². The van der Waals surface area contributed by atoms with E-state index < -0.39 is 11.9 Å². The molecular weight excluding hydrogens is 237 g/mol. The summed E-state index contributed by atoms with van der Waals surface area (Å²) in [5.41, 5.74) is 3.58. The van der Waals surface area contributed by atoms with Gasteiger partial charge in [0.15, 0.2) is 0 Å². The highest BCUT2D eigenvalue weighted by molar-refractivity contribution is 9.18. The van der Waals surface area contributed by atoms with Crippen LogP contribution < -0.4 is 5.73 Å². The van der Waals surface area contributed by atoms with E-state index in [-0.39, 0.29) is 10.2 Å². The number of halogens is 4. The van der Waals surface area contributed by atoms with E-state index >= 15 is 0 Å². The van der Waals surface area contributed by atoms with Crippen molar-refractivity contribution < 1.29 is 13.2 Å². The minimum atomic E-state index is -4.49. The van der Waals surface area contributed by atoms with Gasteiger partial charge >= 0.3 is 6.18 Å². The van der Waals surface area contributed by atoms with E-state index in [1.54, 1.807) is 0 Å². The number of hydrogen-bond donors (Lipinski definition) is 1. The van der Waals surface area contributed by atoms with E-state index in [9.17, 15) is 13.2 Å². The molecule has 0 rings (SSSR count). The lowest BCUT2D eigenvalue weighted by Crippen LogP contribution is -2.22. The van der Waals surface area contributed by atoms with Crippen molar-refractivity contribution in [3.63, 3.8) is 0 Å². The van der Waals surface area contributed by atoms with Gasteiger partial charge in [0.25, 0.3) is 0 Å². The van der Waals surface area contributed by atoms with Crippen LogP contribution in [0.5, 0.6) is 0 Å². The van der Waals surface area contributed by atoms with Crippen molar-refractivity contribution >= 4 is 20.6 Å². The first-order chi connectivity index (χ1) is 5.30. The topological polar surface area (TPSA) is 38.4 Å². The summed E-state index contributed by atoms with van der Waals surface area (Å²) in [7, 11) is 1.37. The second kappa shape index (κ2) is 3.93. The van der Waals surface area contributed by atoms with Gasteiger partial charge in [-0.2, -0.15) is 13.2 Å². The minimum Gasteiger partial charge on any atom is -0.394 e. The van der Waals surface area contributed by atoms with Gasteiger partial charge in [-0.25, -0.2) is 0 Å². The highest BCUT2D eigenvalue weighted by Crippen LogP contribution is 2.25. The Kier molecular flexibility index (Phi) is 3.76. The summed E-state index contributed by atoms with van der Waals surface area (Å²) in [4.78, 5) is 3.52. The molecule has 0 aliphatic rings. The minimum absolute atomic E-state index is 0.106. The van der Waals surface area contributed by atoms with E-state index in [1.165, 1.54) is 14.0 Å². The number of hydrogen-bond acceptors (Lipinski definition) is 2. The summed E-state index contributed by atoms with van der Waals surface area (Å²) in [6, 6.07) is 0. The molecule has 0 unspecified atom stereocenters. The lowest BCUT2D eigenvalue weighted by molar-refractivity contribution is -0.0931. The summed E-state index contributed by atoms with van der Waals surface area (Å²) in [6.45, 7) is 1.25. The van der Waals surface area contributed by atoms with Crippen molar-refractivity contribution in [2.24, 2.45) is 10.7 Å². The Hall–Kier alpha value is -0.520. The molecule has 0 spiro atoms. The van der Waals surface area contributed by atoms with Crippen LogP contribution in [0.25, 0.3) is 0 Å². The Labute approximate surface area is 76.5 Å². The quantitative estimate of drug-likeness (QED) is 0.706. The van der Waals surface area contributed by atoms with Crippen molar-refractivity contribution in [2.45, 2.75) is 13.1 Å². The van der Waals surface area contributed by atoms with E-state index in [2.05, 4.69) is 20.9 Å². The van der Waals surface area contributed by atoms with Gasteiger partial charge in [0.05, 0.1) is 0 Å². The SMILES string of the molecule is CN=C(Br)C(C)=C(N)C(F)(F)F. The number of rotatable bonds is 1. The van der Waals surface area contributed by atoms with Gasteiger partial charge in [0, 0.05) is 12.6 Å². The lowest BCUT2D eigenvalue weighted by Gasteiger charge is -2.09. The predicted octanol–water partition coefficient (Wildman–Crippen LogP) is 2.20. The Bertz CT molecular complexity index is 229. The highest BCUT2D eigenvalue weighted by Gasteiger charge is 2.33. The maximum absolute atomic E-state index is 11.9. The molecule has 0 aromatic rings. The lowest BCUT2D eigenvalue weighted by atomic mass is 10.2. The zero-order valence-corrected chi connectivity index (χ0v) is 8.12. The molecule has 0 radical (unpaired) electrons.